The molecule has 3 aliphatic rings. The molecule has 0 spiro atoms. The van der Waals surface area contributed by atoms with Crippen LogP contribution in [0.3, 0.4) is 0 Å². The summed E-state index contributed by atoms with van der Waals surface area (Å²) in [5.41, 5.74) is -1.37. The third kappa shape index (κ3) is 1.55. The van der Waals surface area contributed by atoms with Gasteiger partial charge < -0.3 is 9.84 Å². The summed E-state index contributed by atoms with van der Waals surface area (Å²) in [4.78, 5) is 26.9. The minimum Gasteiger partial charge on any atom is -0.393 e. The van der Waals surface area contributed by atoms with E-state index in [-0.39, 0.29) is 18.4 Å². The second-order valence-electron chi connectivity index (χ2n) is 6.18. The Morgan fingerprint density at radius 1 is 1.27 bits per heavy atom. The first kappa shape index (κ1) is 14.1. The Morgan fingerprint density at radius 2 is 2.00 bits per heavy atom. The smallest absolute Gasteiger partial charge is 0.241 e. The van der Waals surface area contributed by atoms with Crippen LogP contribution in [0.5, 0.6) is 0 Å². The number of carbonyl (C=O) groups is 2. The maximum absolute atomic E-state index is 12.9. The zero-order valence-corrected chi connectivity index (χ0v) is 13.4. The minimum atomic E-state index is -1.08. The summed E-state index contributed by atoms with van der Waals surface area (Å²) in [6, 6.07) is 7.08. The number of ether oxygens (including phenoxy) is 1. The molecular formula is C16H14BrNO4. The molecule has 4 rings (SSSR count). The predicted octanol–water partition coefficient (Wildman–Crippen LogP) is 1.64. The van der Waals surface area contributed by atoms with E-state index in [0.29, 0.717) is 5.69 Å². The van der Waals surface area contributed by atoms with Crippen LogP contribution < -0.4 is 4.90 Å². The van der Waals surface area contributed by atoms with Crippen molar-refractivity contribution in [3.05, 3.63) is 40.9 Å². The lowest BCUT2D eigenvalue weighted by molar-refractivity contribution is -0.131. The highest BCUT2D eigenvalue weighted by Gasteiger charge is 2.72. The number of halogens is 1. The van der Waals surface area contributed by atoms with Gasteiger partial charge in [0.05, 0.1) is 29.7 Å². The Labute approximate surface area is 135 Å². The summed E-state index contributed by atoms with van der Waals surface area (Å²) < 4.78 is 6.67. The molecule has 1 aromatic rings. The molecular weight excluding hydrogens is 350 g/mol. The Hall–Kier alpha value is -1.50. The molecule has 2 saturated heterocycles. The van der Waals surface area contributed by atoms with Gasteiger partial charge in [-0.1, -0.05) is 34.1 Å². The fraction of sp³-hybridized carbons (Fsp3) is 0.375. The van der Waals surface area contributed by atoms with Gasteiger partial charge in [0.25, 0.3) is 0 Å². The Kier molecular flexibility index (Phi) is 2.74. The highest BCUT2D eigenvalue weighted by Crippen LogP contribution is 2.57. The first-order chi connectivity index (χ1) is 10.4. The molecule has 5 nitrogen and oxygen atoms in total. The van der Waals surface area contributed by atoms with Crippen LogP contribution in [0.4, 0.5) is 5.69 Å². The van der Waals surface area contributed by atoms with E-state index in [0.717, 1.165) is 4.47 Å². The van der Waals surface area contributed by atoms with Crippen molar-refractivity contribution < 1.29 is 19.4 Å². The predicted molar refractivity (Wildman–Crippen MR) is 82.1 cm³/mol. The first-order valence-corrected chi connectivity index (χ1v) is 7.86. The van der Waals surface area contributed by atoms with Crippen molar-refractivity contribution in [2.24, 2.45) is 11.8 Å². The van der Waals surface area contributed by atoms with Crippen molar-refractivity contribution >= 4 is 33.4 Å². The van der Waals surface area contributed by atoms with Crippen molar-refractivity contribution in [2.75, 3.05) is 11.5 Å². The van der Waals surface area contributed by atoms with Crippen LogP contribution >= 0.6 is 15.9 Å². The van der Waals surface area contributed by atoms with Gasteiger partial charge in [-0.25, -0.2) is 4.90 Å². The molecule has 0 aromatic heterocycles. The molecule has 2 fully saturated rings. The van der Waals surface area contributed by atoms with E-state index in [1.165, 1.54) is 4.90 Å². The van der Waals surface area contributed by atoms with Crippen LogP contribution in [0.25, 0.3) is 0 Å². The number of carbonyl (C=O) groups excluding carboxylic acids is 2. The highest BCUT2D eigenvalue weighted by molar-refractivity contribution is 9.10. The van der Waals surface area contributed by atoms with Gasteiger partial charge in [-0.2, -0.15) is 0 Å². The number of benzene rings is 1. The van der Waals surface area contributed by atoms with E-state index in [1.54, 1.807) is 37.3 Å². The van der Waals surface area contributed by atoms with Crippen molar-refractivity contribution in [1.29, 1.82) is 0 Å². The van der Waals surface area contributed by atoms with Gasteiger partial charge in [0.1, 0.15) is 5.60 Å². The number of nitrogens with zero attached hydrogens (tertiary/aromatic N) is 1. The maximum Gasteiger partial charge on any atom is 0.241 e. The van der Waals surface area contributed by atoms with Crippen LogP contribution in [-0.4, -0.2) is 34.7 Å². The van der Waals surface area contributed by atoms with Crippen molar-refractivity contribution in [3.63, 3.8) is 0 Å². The van der Waals surface area contributed by atoms with E-state index in [4.69, 9.17) is 4.74 Å². The Morgan fingerprint density at radius 3 is 2.68 bits per heavy atom. The zero-order valence-electron chi connectivity index (χ0n) is 11.8. The fourth-order valence-electron chi connectivity index (χ4n) is 3.91. The summed E-state index contributed by atoms with van der Waals surface area (Å²) in [5, 5.41) is 9.74. The second-order valence-corrected chi connectivity index (χ2v) is 7.10. The van der Waals surface area contributed by atoms with E-state index in [2.05, 4.69) is 15.9 Å². The lowest BCUT2D eigenvalue weighted by Crippen LogP contribution is -2.43. The van der Waals surface area contributed by atoms with Crippen molar-refractivity contribution in [3.8, 4) is 0 Å². The fourth-order valence-corrected chi connectivity index (χ4v) is 4.30. The number of aliphatic hydroxyl groups is 1. The number of amides is 2. The number of rotatable bonds is 2. The summed E-state index contributed by atoms with van der Waals surface area (Å²) in [7, 11) is 0. The maximum atomic E-state index is 12.9. The van der Waals surface area contributed by atoms with Crippen molar-refractivity contribution in [2.45, 2.75) is 18.1 Å². The molecule has 114 valence electrons. The zero-order chi connectivity index (χ0) is 15.7. The summed E-state index contributed by atoms with van der Waals surface area (Å²) in [5.74, 6) is -1.83. The van der Waals surface area contributed by atoms with Gasteiger partial charge >= 0.3 is 0 Å². The lowest BCUT2D eigenvalue weighted by atomic mass is 9.73. The van der Waals surface area contributed by atoms with E-state index >= 15 is 0 Å². The number of anilines is 1. The normalized spacial score (nSPS) is 39.0. The summed E-state index contributed by atoms with van der Waals surface area (Å²) >= 11 is 3.35. The minimum absolute atomic E-state index is 0.268. The van der Waals surface area contributed by atoms with Crippen LogP contribution in [0.1, 0.15) is 6.92 Å². The van der Waals surface area contributed by atoms with Gasteiger partial charge in [-0.15, -0.1) is 0 Å². The standard InChI is InChI=1S/C16H14BrNO4/c1-15-5-6-16(8-19,22-15)12-11(15)13(20)18(14(12)21)10-4-2-3-9(17)7-10/h2-7,11-12,19H,8H2,1H3/t11-,12-,15-,16-/m0/s1. The highest BCUT2D eigenvalue weighted by atomic mass is 79.9. The third-order valence-electron chi connectivity index (χ3n) is 4.87. The monoisotopic (exact) mass is 363 g/mol. The molecule has 2 amide bonds. The number of hydrogen-bond acceptors (Lipinski definition) is 4. The molecule has 4 atom stereocenters. The molecule has 0 aliphatic carbocycles. The number of fused-ring (bicyclic) bond motifs is 5. The van der Waals surface area contributed by atoms with Gasteiger partial charge in [0.2, 0.25) is 11.8 Å². The molecule has 0 radical (unpaired) electrons. The van der Waals surface area contributed by atoms with Crippen molar-refractivity contribution in [1.82, 2.24) is 0 Å². The van der Waals surface area contributed by atoms with Crippen LogP contribution in [-0.2, 0) is 14.3 Å². The molecule has 3 heterocycles. The molecule has 0 saturated carbocycles. The summed E-state index contributed by atoms with van der Waals surface area (Å²) in [6.45, 7) is 1.48. The number of imide groups is 1. The van der Waals surface area contributed by atoms with Crippen LogP contribution in [0, 0.1) is 11.8 Å². The van der Waals surface area contributed by atoms with Crippen LogP contribution in [0.15, 0.2) is 40.9 Å². The van der Waals surface area contributed by atoms with Gasteiger partial charge in [-0.05, 0) is 25.1 Å². The van der Waals surface area contributed by atoms with Crippen LogP contribution in [0.2, 0.25) is 0 Å². The average molecular weight is 364 g/mol. The number of aliphatic hydroxyl groups excluding tert-OH is 1. The van der Waals surface area contributed by atoms with Gasteiger partial charge in [0.15, 0.2) is 0 Å². The molecule has 1 aromatic carbocycles. The van der Waals surface area contributed by atoms with Gasteiger partial charge in [-0.3, -0.25) is 9.59 Å². The largest absolute Gasteiger partial charge is 0.393 e. The molecule has 6 heteroatoms. The Balaban J connectivity index is 1.82. The summed E-state index contributed by atoms with van der Waals surface area (Å²) in [6.07, 6.45) is 3.52. The molecule has 2 bridgehead atoms. The second kappa shape index (κ2) is 4.28. The lowest BCUT2D eigenvalue weighted by Gasteiger charge is -2.27. The first-order valence-electron chi connectivity index (χ1n) is 7.07. The average Bonchev–Trinajstić information content (AvgIpc) is 3.05. The molecule has 3 aliphatic heterocycles. The van der Waals surface area contributed by atoms with E-state index < -0.39 is 23.0 Å². The molecule has 22 heavy (non-hydrogen) atoms. The Bertz CT molecular complexity index is 733. The third-order valence-corrected chi connectivity index (χ3v) is 5.36. The molecule has 0 unspecified atom stereocenters. The molecule has 1 N–H and O–H groups in total. The van der Waals surface area contributed by atoms with E-state index in [9.17, 15) is 14.7 Å². The quantitative estimate of drug-likeness (QED) is 0.640. The topological polar surface area (TPSA) is 66.8 Å². The van der Waals surface area contributed by atoms with Gasteiger partial charge in [0, 0.05) is 4.47 Å². The van der Waals surface area contributed by atoms with E-state index in [1.807, 2.05) is 6.07 Å². The number of hydrogen-bond donors (Lipinski definition) is 1. The SMILES string of the molecule is C[C@@]12C=C[C@@](CO)(O1)[C@@H]1C(=O)N(c3cccc(Br)c3)C(=O)[C@H]12.